The minimum absolute atomic E-state index is 0.0901. The maximum Gasteiger partial charge on any atom is 0.492 e. The number of ether oxygens (including phenoxy) is 1. The molecule has 0 amide bonds. The van der Waals surface area contributed by atoms with Gasteiger partial charge in [-0.1, -0.05) is 25.5 Å². The van der Waals surface area contributed by atoms with Gasteiger partial charge in [-0.15, -0.1) is 5.06 Å². The minimum Gasteiger partial charge on any atom is -0.490 e. The molecule has 1 heterocycles. The van der Waals surface area contributed by atoms with Crippen LogP contribution in [0.2, 0.25) is 0 Å². The highest BCUT2D eigenvalue weighted by molar-refractivity contribution is 5.75. The summed E-state index contributed by atoms with van der Waals surface area (Å²) in [5.41, 5.74) is 1.20. The van der Waals surface area contributed by atoms with E-state index in [1.54, 1.807) is 0 Å². The molecule has 1 aliphatic rings. The molecular formula is C16H20F3NO3. The highest BCUT2D eigenvalue weighted by atomic mass is 19.4. The monoisotopic (exact) mass is 331 g/mol. The molecule has 0 saturated carbocycles. The first-order chi connectivity index (χ1) is 10.9. The van der Waals surface area contributed by atoms with Gasteiger partial charge in [0, 0.05) is 25.9 Å². The molecule has 0 atom stereocenters. The van der Waals surface area contributed by atoms with Crippen LogP contribution in [-0.2, 0) is 16.1 Å². The van der Waals surface area contributed by atoms with Gasteiger partial charge in [-0.25, -0.2) is 4.79 Å². The van der Waals surface area contributed by atoms with Gasteiger partial charge in [-0.3, -0.25) is 0 Å². The molecule has 1 fully saturated rings. The van der Waals surface area contributed by atoms with E-state index in [1.165, 1.54) is 5.56 Å². The summed E-state index contributed by atoms with van der Waals surface area (Å²) in [6.07, 6.45) is -2.03. The van der Waals surface area contributed by atoms with Crippen molar-refractivity contribution >= 4 is 5.97 Å². The summed E-state index contributed by atoms with van der Waals surface area (Å²) in [5.74, 6) is -1.41. The Morgan fingerprint density at radius 3 is 2.61 bits per heavy atom. The summed E-state index contributed by atoms with van der Waals surface area (Å²) < 4.78 is 42.3. The van der Waals surface area contributed by atoms with Crippen LogP contribution in [0.25, 0.3) is 0 Å². The number of hydrogen-bond donors (Lipinski definition) is 0. The van der Waals surface area contributed by atoms with E-state index in [0.717, 1.165) is 23.7 Å². The topological polar surface area (TPSA) is 38.8 Å². The summed E-state index contributed by atoms with van der Waals surface area (Å²) in [6, 6.07) is 7.82. The van der Waals surface area contributed by atoms with E-state index in [-0.39, 0.29) is 19.2 Å². The van der Waals surface area contributed by atoms with E-state index in [9.17, 15) is 18.0 Å². The molecule has 0 radical (unpaired) electrons. The Hall–Kier alpha value is -1.76. The molecule has 0 spiro atoms. The highest BCUT2D eigenvalue weighted by Crippen LogP contribution is 2.22. The number of halogens is 3. The van der Waals surface area contributed by atoms with Crippen molar-refractivity contribution in [2.75, 3.05) is 13.1 Å². The van der Waals surface area contributed by atoms with E-state index in [2.05, 4.69) is 11.8 Å². The van der Waals surface area contributed by atoms with Gasteiger partial charge in [0.15, 0.2) is 0 Å². The fourth-order valence-corrected chi connectivity index (χ4v) is 2.47. The zero-order chi connectivity index (χ0) is 16.9. The van der Waals surface area contributed by atoms with Crippen LogP contribution in [0.1, 0.15) is 31.7 Å². The summed E-state index contributed by atoms with van der Waals surface area (Å²) in [4.78, 5) is 15.1. The third-order valence-electron chi connectivity index (χ3n) is 3.58. The Bertz CT molecular complexity index is 526. The minimum atomic E-state index is -4.97. The zero-order valence-electron chi connectivity index (χ0n) is 12.9. The maximum absolute atomic E-state index is 12.1. The van der Waals surface area contributed by atoms with Crippen molar-refractivity contribution < 1.29 is 27.5 Å². The van der Waals surface area contributed by atoms with Crippen molar-refractivity contribution in [1.29, 1.82) is 0 Å². The quantitative estimate of drug-likeness (QED) is 0.828. The van der Waals surface area contributed by atoms with Gasteiger partial charge < -0.3 is 9.57 Å². The van der Waals surface area contributed by atoms with Crippen LogP contribution in [-0.4, -0.2) is 36.4 Å². The second kappa shape index (κ2) is 7.68. The van der Waals surface area contributed by atoms with E-state index < -0.39 is 12.1 Å². The van der Waals surface area contributed by atoms with E-state index in [4.69, 9.17) is 4.74 Å². The van der Waals surface area contributed by atoms with Gasteiger partial charge in [-0.2, -0.15) is 13.2 Å². The molecule has 128 valence electrons. The molecule has 0 aliphatic carbocycles. The standard InChI is InChI=1S/C16H20F3NO3/c1-2-4-12-5-3-6-14(11-12)22-13-7-9-20(10-8-13)23-15(21)16(17,18)19/h3,5-6,11,13H,2,4,7-10H2,1H3. The second-order valence-corrected chi connectivity index (χ2v) is 5.52. The Morgan fingerprint density at radius 2 is 2.00 bits per heavy atom. The molecule has 2 rings (SSSR count). The number of rotatable bonds is 5. The average Bonchev–Trinajstić information content (AvgIpc) is 2.49. The highest BCUT2D eigenvalue weighted by Gasteiger charge is 2.43. The number of alkyl halides is 3. The molecular weight excluding hydrogens is 311 g/mol. The number of benzene rings is 1. The van der Waals surface area contributed by atoms with Crippen LogP contribution < -0.4 is 4.74 Å². The summed E-state index contributed by atoms with van der Waals surface area (Å²) in [7, 11) is 0. The van der Waals surface area contributed by atoms with Crippen molar-refractivity contribution in [2.45, 2.75) is 44.9 Å². The van der Waals surface area contributed by atoms with Crippen LogP contribution >= 0.6 is 0 Å². The van der Waals surface area contributed by atoms with Gasteiger partial charge in [0.2, 0.25) is 0 Å². The summed E-state index contributed by atoms with van der Waals surface area (Å²) in [6.45, 7) is 2.55. The van der Waals surface area contributed by atoms with Gasteiger partial charge in [0.05, 0.1) is 0 Å². The van der Waals surface area contributed by atoms with Crippen molar-refractivity contribution in [3.8, 4) is 5.75 Å². The van der Waals surface area contributed by atoms with Gasteiger partial charge in [0.25, 0.3) is 0 Å². The fraction of sp³-hybridized carbons (Fsp3) is 0.562. The first-order valence-electron chi connectivity index (χ1n) is 7.68. The van der Waals surface area contributed by atoms with Crippen molar-refractivity contribution in [2.24, 2.45) is 0 Å². The molecule has 1 aliphatic heterocycles. The van der Waals surface area contributed by atoms with Gasteiger partial charge >= 0.3 is 12.1 Å². The molecule has 0 bridgehead atoms. The van der Waals surface area contributed by atoms with Crippen LogP contribution in [0, 0.1) is 0 Å². The number of carbonyl (C=O) groups is 1. The van der Waals surface area contributed by atoms with E-state index >= 15 is 0 Å². The Kier molecular flexibility index (Phi) is 5.87. The molecule has 23 heavy (non-hydrogen) atoms. The molecule has 0 aromatic heterocycles. The molecule has 1 aromatic rings. The molecule has 1 saturated heterocycles. The normalized spacial score (nSPS) is 17.0. The van der Waals surface area contributed by atoms with Crippen LogP contribution in [0.4, 0.5) is 13.2 Å². The Morgan fingerprint density at radius 1 is 1.30 bits per heavy atom. The van der Waals surface area contributed by atoms with Gasteiger partial charge in [0.1, 0.15) is 11.9 Å². The lowest BCUT2D eigenvalue weighted by molar-refractivity contribution is -0.243. The van der Waals surface area contributed by atoms with Crippen LogP contribution in [0.15, 0.2) is 24.3 Å². The molecule has 1 aromatic carbocycles. The zero-order valence-corrected chi connectivity index (χ0v) is 12.9. The average molecular weight is 331 g/mol. The third-order valence-corrected chi connectivity index (χ3v) is 3.58. The summed E-state index contributed by atoms with van der Waals surface area (Å²) in [5, 5.41) is 1.04. The predicted molar refractivity (Wildman–Crippen MR) is 77.8 cm³/mol. The van der Waals surface area contributed by atoms with Crippen molar-refractivity contribution in [3.63, 3.8) is 0 Å². The number of nitrogens with zero attached hydrogens (tertiary/aromatic N) is 1. The number of hydrogen-bond acceptors (Lipinski definition) is 4. The lowest BCUT2D eigenvalue weighted by Crippen LogP contribution is -2.42. The van der Waals surface area contributed by atoms with E-state index in [0.29, 0.717) is 12.8 Å². The Labute approximate surface area is 133 Å². The smallest absolute Gasteiger partial charge is 0.490 e. The fourth-order valence-electron chi connectivity index (χ4n) is 2.47. The second-order valence-electron chi connectivity index (χ2n) is 5.52. The lowest BCUT2D eigenvalue weighted by Gasteiger charge is -2.30. The largest absolute Gasteiger partial charge is 0.492 e. The lowest BCUT2D eigenvalue weighted by atomic mass is 10.1. The molecule has 0 unspecified atom stereocenters. The maximum atomic E-state index is 12.1. The van der Waals surface area contributed by atoms with Gasteiger partial charge in [-0.05, 0) is 24.1 Å². The SMILES string of the molecule is CCCc1cccc(OC2CCN(OC(=O)C(F)(F)F)CC2)c1. The van der Waals surface area contributed by atoms with E-state index in [1.807, 2.05) is 24.3 Å². The summed E-state index contributed by atoms with van der Waals surface area (Å²) >= 11 is 0. The molecule has 7 heteroatoms. The molecule has 4 nitrogen and oxygen atoms in total. The van der Waals surface area contributed by atoms with Crippen LogP contribution in [0.3, 0.4) is 0 Å². The predicted octanol–water partition coefficient (Wildman–Crippen LogP) is 3.50. The van der Waals surface area contributed by atoms with Crippen molar-refractivity contribution in [1.82, 2.24) is 5.06 Å². The van der Waals surface area contributed by atoms with Crippen LogP contribution in [0.5, 0.6) is 5.75 Å². The molecule has 0 N–H and O–H groups in total. The third kappa shape index (κ3) is 5.42. The number of aryl methyl sites for hydroxylation is 1. The number of carbonyl (C=O) groups excluding carboxylic acids is 1. The number of hydroxylamine groups is 2. The number of piperidine rings is 1. The van der Waals surface area contributed by atoms with Crippen molar-refractivity contribution in [3.05, 3.63) is 29.8 Å². The first kappa shape index (κ1) is 17.6. The first-order valence-corrected chi connectivity index (χ1v) is 7.68. The Balaban J connectivity index is 1.81.